The second-order valence-corrected chi connectivity index (χ2v) is 6.57. The number of carboxylic acids is 1. The smallest absolute Gasteiger partial charge is 0.307 e. The third kappa shape index (κ3) is 7.19. The highest BCUT2D eigenvalue weighted by Gasteiger charge is 2.19. The summed E-state index contributed by atoms with van der Waals surface area (Å²) in [6.07, 6.45) is 0.603. The van der Waals surface area contributed by atoms with Crippen molar-refractivity contribution < 1.29 is 24.2 Å². The van der Waals surface area contributed by atoms with Gasteiger partial charge in [0.05, 0.1) is 18.1 Å². The number of amides is 1. The van der Waals surface area contributed by atoms with Gasteiger partial charge in [0.15, 0.2) is 18.1 Å². The minimum atomic E-state index is -0.813. The van der Waals surface area contributed by atoms with E-state index in [-0.39, 0.29) is 17.4 Å². The molecule has 1 aromatic carbocycles. The molecule has 1 amide bonds. The fraction of sp³-hybridized carbons (Fsp3) is 0.529. The average molecular weight is 373 g/mol. The second kappa shape index (κ2) is 10.1. The van der Waals surface area contributed by atoms with Crippen LogP contribution in [0.25, 0.3) is 0 Å². The highest BCUT2D eigenvalue weighted by molar-refractivity contribution is 6.32. The minimum absolute atomic E-state index is 0.245. The minimum Gasteiger partial charge on any atom is -0.493 e. The number of ether oxygens (including phenoxy) is 2. The van der Waals surface area contributed by atoms with Crippen LogP contribution in [0.1, 0.15) is 25.8 Å². The number of carbonyl (C=O) groups is 2. The molecule has 4 N–H and O–H groups in total. The van der Waals surface area contributed by atoms with Crippen molar-refractivity contribution in [2.24, 2.45) is 17.6 Å². The van der Waals surface area contributed by atoms with Crippen molar-refractivity contribution in [3.05, 3.63) is 22.7 Å². The van der Waals surface area contributed by atoms with Gasteiger partial charge in [0.1, 0.15) is 0 Å². The Bertz CT molecular complexity index is 607. The fourth-order valence-corrected chi connectivity index (χ4v) is 2.68. The van der Waals surface area contributed by atoms with Gasteiger partial charge in [0.2, 0.25) is 0 Å². The Kier molecular flexibility index (Phi) is 8.51. The highest BCUT2D eigenvalue weighted by atomic mass is 35.5. The summed E-state index contributed by atoms with van der Waals surface area (Å²) in [7, 11) is 1.46. The lowest BCUT2D eigenvalue weighted by Gasteiger charge is -2.16. The molecule has 1 rings (SSSR count). The zero-order valence-corrected chi connectivity index (χ0v) is 15.4. The summed E-state index contributed by atoms with van der Waals surface area (Å²) in [5.74, 6) is -0.951. The quantitative estimate of drug-likeness (QED) is 0.548. The van der Waals surface area contributed by atoms with Gasteiger partial charge < -0.3 is 25.6 Å². The number of carbonyl (C=O) groups excluding carboxylic acids is 1. The van der Waals surface area contributed by atoms with Crippen LogP contribution in [0, 0.1) is 11.8 Å². The fourth-order valence-electron chi connectivity index (χ4n) is 2.39. The third-order valence-electron chi connectivity index (χ3n) is 3.47. The number of halogens is 1. The van der Waals surface area contributed by atoms with Gasteiger partial charge in [0, 0.05) is 13.1 Å². The Morgan fingerprint density at radius 2 is 2.04 bits per heavy atom. The summed E-state index contributed by atoms with van der Waals surface area (Å²) in [5, 5.41) is 12.7. The number of methoxy groups -OCH3 is 1. The van der Waals surface area contributed by atoms with Crippen molar-refractivity contribution in [1.29, 1.82) is 0 Å². The van der Waals surface area contributed by atoms with Gasteiger partial charge in [-0.15, -0.1) is 0 Å². The van der Waals surface area contributed by atoms with E-state index >= 15 is 0 Å². The molecule has 0 radical (unpaired) electrons. The van der Waals surface area contributed by atoms with E-state index in [1.165, 1.54) is 7.11 Å². The molecule has 0 aliphatic heterocycles. The van der Waals surface area contributed by atoms with Crippen LogP contribution in [0.3, 0.4) is 0 Å². The second-order valence-electron chi connectivity index (χ2n) is 6.16. The first-order chi connectivity index (χ1) is 11.7. The molecule has 140 valence electrons. The Hall–Kier alpha value is -1.99. The molecule has 0 saturated carbocycles. The molecule has 25 heavy (non-hydrogen) atoms. The Labute approximate surface area is 152 Å². The van der Waals surface area contributed by atoms with Gasteiger partial charge in [-0.2, -0.15) is 0 Å². The van der Waals surface area contributed by atoms with E-state index in [4.69, 9.17) is 26.8 Å². The topological polar surface area (TPSA) is 111 Å². The van der Waals surface area contributed by atoms with E-state index in [1.807, 2.05) is 13.8 Å². The number of primary amides is 1. The number of hydrogen-bond acceptors (Lipinski definition) is 5. The van der Waals surface area contributed by atoms with Crippen LogP contribution in [-0.4, -0.2) is 37.2 Å². The summed E-state index contributed by atoms with van der Waals surface area (Å²) in [6, 6.07) is 3.39. The average Bonchev–Trinajstić information content (AvgIpc) is 2.51. The first kappa shape index (κ1) is 21.1. The van der Waals surface area contributed by atoms with Gasteiger partial charge in [-0.1, -0.05) is 25.4 Å². The Morgan fingerprint density at radius 1 is 1.36 bits per heavy atom. The van der Waals surface area contributed by atoms with Gasteiger partial charge in [0.25, 0.3) is 5.91 Å². The molecule has 0 fully saturated rings. The molecule has 8 heteroatoms. The highest BCUT2D eigenvalue weighted by Crippen LogP contribution is 2.36. The molecule has 0 saturated heterocycles. The van der Waals surface area contributed by atoms with Crippen LogP contribution in [0.2, 0.25) is 5.02 Å². The van der Waals surface area contributed by atoms with E-state index < -0.39 is 17.8 Å². The molecular formula is C17H25ClN2O5. The van der Waals surface area contributed by atoms with Gasteiger partial charge in [-0.05, 0) is 30.0 Å². The summed E-state index contributed by atoms with van der Waals surface area (Å²) >= 11 is 6.18. The summed E-state index contributed by atoms with van der Waals surface area (Å²) in [5.41, 5.74) is 5.87. The van der Waals surface area contributed by atoms with Crippen LogP contribution >= 0.6 is 11.6 Å². The number of nitrogens with one attached hydrogen (secondary N) is 1. The Morgan fingerprint density at radius 3 is 2.56 bits per heavy atom. The predicted molar refractivity (Wildman–Crippen MR) is 95.0 cm³/mol. The number of nitrogens with two attached hydrogens (primary N) is 1. The van der Waals surface area contributed by atoms with E-state index in [9.17, 15) is 14.7 Å². The molecule has 0 bridgehead atoms. The van der Waals surface area contributed by atoms with Crippen LogP contribution in [0.5, 0.6) is 11.5 Å². The van der Waals surface area contributed by atoms with Crippen molar-refractivity contribution in [1.82, 2.24) is 5.32 Å². The lowest BCUT2D eigenvalue weighted by Crippen LogP contribution is -2.29. The number of hydrogen-bond donors (Lipinski definition) is 3. The molecule has 7 nitrogen and oxygen atoms in total. The summed E-state index contributed by atoms with van der Waals surface area (Å²) < 4.78 is 10.5. The monoisotopic (exact) mass is 372 g/mol. The normalized spacial score (nSPS) is 12.0. The largest absolute Gasteiger partial charge is 0.493 e. The standard InChI is InChI=1S/C17H25ClN2O5/c1-10(2)4-12(17(22)23)8-20-7-11-5-13(18)16(14(6-11)24-3)25-9-15(19)21/h5-6,10,12,20H,4,7-9H2,1-3H3,(H2,19,21)(H,22,23). The maximum absolute atomic E-state index is 11.3. The molecular weight excluding hydrogens is 348 g/mol. The SMILES string of the molecule is COc1cc(CNCC(CC(C)C)C(=O)O)cc(Cl)c1OCC(N)=O. The first-order valence-corrected chi connectivity index (χ1v) is 8.33. The van der Waals surface area contributed by atoms with Crippen molar-refractivity contribution in [3.63, 3.8) is 0 Å². The van der Waals surface area contributed by atoms with E-state index in [2.05, 4.69) is 5.32 Å². The number of carboxylic acid groups (broad SMARTS) is 1. The molecule has 0 heterocycles. The molecule has 0 aromatic heterocycles. The predicted octanol–water partition coefficient (Wildman–Crippen LogP) is 2.05. The zero-order chi connectivity index (χ0) is 19.0. The van der Waals surface area contributed by atoms with Gasteiger partial charge in [-0.25, -0.2) is 0 Å². The Balaban J connectivity index is 2.74. The van der Waals surface area contributed by atoms with Crippen molar-refractivity contribution in [2.45, 2.75) is 26.8 Å². The van der Waals surface area contributed by atoms with Crippen LogP contribution in [-0.2, 0) is 16.1 Å². The number of rotatable bonds is 11. The zero-order valence-electron chi connectivity index (χ0n) is 14.7. The van der Waals surface area contributed by atoms with Crippen LogP contribution in [0.15, 0.2) is 12.1 Å². The van der Waals surface area contributed by atoms with Crippen molar-refractivity contribution >= 4 is 23.5 Å². The number of aliphatic carboxylic acids is 1. The molecule has 1 aromatic rings. The molecule has 0 spiro atoms. The molecule has 1 atom stereocenters. The van der Waals surface area contributed by atoms with Gasteiger partial charge in [-0.3, -0.25) is 9.59 Å². The van der Waals surface area contributed by atoms with E-state index in [1.54, 1.807) is 12.1 Å². The van der Waals surface area contributed by atoms with Crippen molar-refractivity contribution in [2.75, 3.05) is 20.3 Å². The molecule has 0 aliphatic carbocycles. The van der Waals surface area contributed by atoms with Crippen molar-refractivity contribution in [3.8, 4) is 11.5 Å². The lowest BCUT2D eigenvalue weighted by molar-refractivity contribution is -0.142. The maximum atomic E-state index is 11.3. The van der Waals surface area contributed by atoms with Crippen LogP contribution in [0.4, 0.5) is 0 Å². The molecule has 1 unspecified atom stereocenters. The first-order valence-electron chi connectivity index (χ1n) is 7.95. The van der Waals surface area contributed by atoms with Gasteiger partial charge >= 0.3 is 5.97 Å². The lowest BCUT2D eigenvalue weighted by atomic mass is 9.97. The van der Waals surface area contributed by atoms with Crippen LogP contribution < -0.4 is 20.5 Å². The number of benzene rings is 1. The maximum Gasteiger partial charge on any atom is 0.307 e. The molecule has 0 aliphatic rings. The summed E-state index contributed by atoms with van der Waals surface area (Å²) in [4.78, 5) is 22.1. The van der Waals surface area contributed by atoms with E-state index in [0.29, 0.717) is 31.2 Å². The third-order valence-corrected chi connectivity index (χ3v) is 3.75. The summed E-state index contributed by atoms with van der Waals surface area (Å²) in [6.45, 7) is 4.46. The van der Waals surface area contributed by atoms with E-state index in [0.717, 1.165) is 5.56 Å².